The molecule has 0 aromatic heterocycles. The number of nitrogens with one attached hydrogen (secondary N) is 1. The molecule has 0 saturated heterocycles. The highest BCUT2D eigenvalue weighted by Crippen LogP contribution is 2.15. The Morgan fingerprint density at radius 1 is 1.04 bits per heavy atom. The standard InChI is InChI=1S/C16H15BrClNO3S/c17-13-6-10-15(11-7-13)23(21,22)19-16(20)3-1-2-12-4-8-14(18)9-5-12/h4-11H,1-3H2,(H,19,20). The van der Waals surface area contributed by atoms with Gasteiger partial charge in [-0.1, -0.05) is 39.7 Å². The molecule has 0 unspecified atom stereocenters. The number of halogens is 2. The quantitative estimate of drug-likeness (QED) is 0.776. The summed E-state index contributed by atoms with van der Waals surface area (Å²) in [5, 5.41) is 0.659. The maximum atomic E-state index is 12.1. The number of hydrogen-bond acceptors (Lipinski definition) is 3. The lowest BCUT2D eigenvalue weighted by Crippen LogP contribution is -2.30. The highest BCUT2D eigenvalue weighted by Gasteiger charge is 2.17. The number of benzene rings is 2. The van der Waals surface area contributed by atoms with E-state index in [0.717, 1.165) is 10.0 Å². The van der Waals surface area contributed by atoms with E-state index in [4.69, 9.17) is 11.6 Å². The average Bonchev–Trinajstić information content (AvgIpc) is 2.49. The molecule has 1 amide bonds. The van der Waals surface area contributed by atoms with E-state index < -0.39 is 15.9 Å². The molecule has 0 aliphatic rings. The summed E-state index contributed by atoms with van der Waals surface area (Å²) in [7, 11) is -3.81. The van der Waals surface area contributed by atoms with Crippen LogP contribution in [0.25, 0.3) is 0 Å². The van der Waals surface area contributed by atoms with Gasteiger partial charge in [-0.15, -0.1) is 0 Å². The fraction of sp³-hybridized carbons (Fsp3) is 0.188. The van der Waals surface area contributed by atoms with E-state index in [-0.39, 0.29) is 11.3 Å². The van der Waals surface area contributed by atoms with Gasteiger partial charge >= 0.3 is 0 Å². The van der Waals surface area contributed by atoms with Crippen molar-refractivity contribution < 1.29 is 13.2 Å². The van der Waals surface area contributed by atoms with Crippen LogP contribution in [-0.4, -0.2) is 14.3 Å². The van der Waals surface area contributed by atoms with Crippen molar-refractivity contribution in [3.05, 3.63) is 63.6 Å². The van der Waals surface area contributed by atoms with Crippen LogP contribution < -0.4 is 4.72 Å². The third-order valence-corrected chi connectivity index (χ3v) is 5.32. The first kappa shape index (κ1) is 18.0. The monoisotopic (exact) mass is 415 g/mol. The SMILES string of the molecule is O=C(CCCc1ccc(Cl)cc1)NS(=O)(=O)c1ccc(Br)cc1. The largest absolute Gasteiger partial charge is 0.274 e. The molecular weight excluding hydrogens is 402 g/mol. The van der Waals surface area contributed by atoms with Gasteiger partial charge in [-0.05, 0) is 54.8 Å². The Morgan fingerprint density at radius 3 is 2.26 bits per heavy atom. The fourth-order valence-corrected chi connectivity index (χ4v) is 3.38. The second-order valence-corrected chi connectivity index (χ2v) is 8.00. The van der Waals surface area contributed by atoms with Crippen molar-refractivity contribution >= 4 is 43.5 Å². The molecule has 0 fully saturated rings. The van der Waals surface area contributed by atoms with Crippen molar-refractivity contribution in [2.45, 2.75) is 24.2 Å². The normalized spacial score (nSPS) is 11.2. The van der Waals surface area contributed by atoms with Gasteiger partial charge in [0, 0.05) is 15.9 Å². The Labute approximate surface area is 149 Å². The van der Waals surface area contributed by atoms with Gasteiger partial charge in [0.15, 0.2) is 0 Å². The van der Waals surface area contributed by atoms with E-state index in [0.29, 0.717) is 17.9 Å². The van der Waals surface area contributed by atoms with Crippen LogP contribution >= 0.6 is 27.5 Å². The third kappa shape index (κ3) is 5.64. The van der Waals surface area contributed by atoms with Crippen LogP contribution in [0.2, 0.25) is 5.02 Å². The summed E-state index contributed by atoms with van der Waals surface area (Å²) in [6.07, 6.45) is 1.38. The van der Waals surface area contributed by atoms with E-state index in [1.54, 1.807) is 24.3 Å². The van der Waals surface area contributed by atoms with E-state index in [9.17, 15) is 13.2 Å². The Hall–Kier alpha value is -1.37. The van der Waals surface area contributed by atoms with Gasteiger partial charge in [0.1, 0.15) is 0 Å². The Kier molecular flexibility index (Phi) is 6.21. The molecular formula is C16H15BrClNO3S. The van der Waals surface area contributed by atoms with E-state index in [2.05, 4.69) is 20.7 Å². The molecule has 1 N–H and O–H groups in total. The Balaban J connectivity index is 1.86. The van der Waals surface area contributed by atoms with Crippen molar-refractivity contribution in [2.24, 2.45) is 0 Å². The molecule has 7 heteroatoms. The molecule has 2 aromatic rings. The van der Waals surface area contributed by atoms with Crippen LogP contribution in [0.15, 0.2) is 57.9 Å². The van der Waals surface area contributed by atoms with Gasteiger partial charge in [0.05, 0.1) is 4.90 Å². The number of aryl methyl sites for hydroxylation is 1. The van der Waals surface area contributed by atoms with Crippen LogP contribution in [0.3, 0.4) is 0 Å². The minimum Gasteiger partial charge on any atom is -0.274 e. The molecule has 0 heterocycles. The summed E-state index contributed by atoms with van der Waals surface area (Å²) in [5.41, 5.74) is 1.05. The number of carbonyl (C=O) groups is 1. The van der Waals surface area contributed by atoms with Crippen LogP contribution in [0.4, 0.5) is 0 Å². The first-order valence-corrected chi connectivity index (χ1v) is 9.58. The third-order valence-electron chi connectivity index (χ3n) is 3.15. The second-order valence-electron chi connectivity index (χ2n) is 4.96. The predicted octanol–water partition coefficient (Wildman–Crippen LogP) is 3.93. The second kappa shape index (κ2) is 7.95. The molecule has 0 aliphatic carbocycles. The van der Waals surface area contributed by atoms with Crippen LogP contribution in [0.1, 0.15) is 18.4 Å². The summed E-state index contributed by atoms with van der Waals surface area (Å²) < 4.78 is 27.0. The van der Waals surface area contributed by atoms with Crippen LogP contribution in [0, 0.1) is 0 Å². The molecule has 0 bridgehead atoms. The van der Waals surface area contributed by atoms with Crippen molar-refractivity contribution in [3.8, 4) is 0 Å². The molecule has 0 aliphatic heterocycles. The van der Waals surface area contributed by atoms with Crippen LogP contribution in [0.5, 0.6) is 0 Å². The van der Waals surface area contributed by atoms with Gasteiger partial charge in [-0.25, -0.2) is 13.1 Å². The van der Waals surface area contributed by atoms with Gasteiger partial charge in [0.25, 0.3) is 10.0 Å². The lowest BCUT2D eigenvalue weighted by Gasteiger charge is -2.07. The van der Waals surface area contributed by atoms with E-state index in [1.165, 1.54) is 12.1 Å². The summed E-state index contributed by atoms with van der Waals surface area (Å²) in [5.74, 6) is -0.512. The molecule has 4 nitrogen and oxygen atoms in total. The van der Waals surface area contributed by atoms with Crippen molar-refractivity contribution in [3.63, 3.8) is 0 Å². The first-order chi connectivity index (χ1) is 10.9. The fourth-order valence-electron chi connectivity index (χ4n) is 1.98. The zero-order valence-corrected chi connectivity index (χ0v) is 15.3. The minimum atomic E-state index is -3.81. The lowest BCUT2D eigenvalue weighted by atomic mass is 10.1. The summed E-state index contributed by atoms with van der Waals surface area (Å²) in [4.78, 5) is 11.9. The molecule has 0 atom stereocenters. The van der Waals surface area contributed by atoms with Crippen molar-refractivity contribution in [1.29, 1.82) is 0 Å². The van der Waals surface area contributed by atoms with Crippen molar-refractivity contribution in [2.75, 3.05) is 0 Å². The van der Waals surface area contributed by atoms with E-state index >= 15 is 0 Å². The van der Waals surface area contributed by atoms with Crippen molar-refractivity contribution in [1.82, 2.24) is 4.72 Å². The smallest absolute Gasteiger partial charge is 0.264 e. The number of sulfonamides is 1. The first-order valence-electron chi connectivity index (χ1n) is 6.92. The highest BCUT2D eigenvalue weighted by atomic mass is 79.9. The van der Waals surface area contributed by atoms with Gasteiger partial charge in [-0.2, -0.15) is 0 Å². The van der Waals surface area contributed by atoms with E-state index in [1.807, 2.05) is 12.1 Å². The van der Waals surface area contributed by atoms with Gasteiger partial charge in [0.2, 0.25) is 5.91 Å². The molecule has 2 rings (SSSR count). The molecule has 0 spiro atoms. The molecule has 2 aromatic carbocycles. The van der Waals surface area contributed by atoms with Crippen LogP contribution in [-0.2, 0) is 21.2 Å². The average molecular weight is 417 g/mol. The number of amides is 1. The topological polar surface area (TPSA) is 63.2 Å². The highest BCUT2D eigenvalue weighted by molar-refractivity contribution is 9.10. The maximum absolute atomic E-state index is 12.1. The maximum Gasteiger partial charge on any atom is 0.264 e. The molecule has 122 valence electrons. The lowest BCUT2D eigenvalue weighted by molar-refractivity contribution is -0.119. The minimum absolute atomic E-state index is 0.0618. The van der Waals surface area contributed by atoms with Gasteiger partial charge < -0.3 is 0 Å². The molecule has 23 heavy (non-hydrogen) atoms. The van der Waals surface area contributed by atoms with Gasteiger partial charge in [-0.3, -0.25) is 4.79 Å². The number of carbonyl (C=O) groups excluding carboxylic acids is 1. The summed E-state index contributed by atoms with van der Waals surface area (Å²) >= 11 is 9.04. The zero-order chi connectivity index (χ0) is 16.9. The Bertz CT molecular complexity index is 774. The number of rotatable bonds is 6. The summed E-state index contributed by atoms with van der Waals surface area (Å²) in [6, 6.07) is 13.4. The summed E-state index contributed by atoms with van der Waals surface area (Å²) in [6.45, 7) is 0. The zero-order valence-electron chi connectivity index (χ0n) is 12.1. The molecule has 0 radical (unpaired) electrons. The Morgan fingerprint density at radius 2 is 1.65 bits per heavy atom. The predicted molar refractivity (Wildman–Crippen MR) is 93.9 cm³/mol. The molecule has 0 saturated carbocycles. The number of hydrogen-bond donors (Lipinski definition) is 1.